The third-order valence-corrected chi connectivity index (χ3v) is 3.73. The molecule has 0 bridgehead atoms. The predicted molar refractivity (Wildman–Crippen MR) is 61.9 cm³/mol. The van der Waals surface area contributed by atoms with Crippen molar-refractivity contribution in [3.05, 3.63) is 27.7 Å². The number of aromatic nitrogens is 3. The SMILES string of the molecule is CC(C)(NCc1csnn1)c1nccs1. The second kappa shape index (κ2) is 4.34. The molecule has 0 aliphatic heterocycles. The fraction of sp³-hybridized carbons (Fsp3) is 0.444. The van der Waals surface area contributed by atoms with E-state index in [-0.39, 0.29) is 5.54 Å². The zero-order valence-corrected chi connectivity index (χ0v) is 10.2. The highest BCUT2D eigenvalue weighted by molar-refractivity contribution is 7.09. The molecule has 1 N–H and O–H groups in total. The highest BCUT2D eigenvalue weighted by atomic mass is 32.1. The van der Waals surface area contributed by atoms with Gasteiger partial charge in [-0.3, -0.25) is 0 Å². The minimum atomic E-state index is -0.113. The smallest absolute Gasteiger partial charge is 0.112 e. The molecule has 80 valence electrons. The molecule has 2 aromatic rings. The van der Waals surface area contributed by atoms with Gasteiger partial charge in [0.05, 0.1) is 11.2 Å². The molecular weight excluding hydrogens is 228 g/mol. The predicted octanol–water partition coefficient (Wildman–Crippen LogP) is 2.02. The van der Waals surface area contributed by atoms with Gasteiger partial charge in [-0.15, -0.1) is 16.4 Å². The summed E-state index contributed by atoms with van der Waals surface area (Å²) in [5.74, 6) is 0. The van der Waals surface area contributed by atoms with Crippen molar-refractivity contribution < 1.29 is 0 Å². The van der Waals surface area contributed by atoms with Crippen LogP contribution in [0.5, 0.6) is 0 Å². The van der Waals surface area contributed by atoms with Crippen LogP contribution in [-0.2, 0) is 12.1 Å². The number of nitrogens with one attached hydrogen (secondary N) is 1. The Kier molecular flexibility index (Phi) is 3.08. The van der Waals surface area contributed by atoms with E-state index < -0.39 is 0 Å². The van der Waals surface area contributed by atoms with Crippen molar-refractivity contribution in [2.75, 3.05) is 0 Å². The van der Waals surface area contributed by atoms with Gasteiger partial charge in [0, 0.05) is 23.5 Å². The number of nitrogens with zero attached hydrogens (tertiary/aromatic N) is 3. The molecule has 0 amide bonds. The lowest BCUT2D eigenvalue weighted by Crippen LogP contribution is -2.35. The first kappa shape index (κ1) is 10.7. The summed E-state index contributed by atoms with van der Waals surface area (Å²) >= 11 is 3.03. The molecule has 6 heteroatoms. The second-order valence-corrected chi connectivity index (χ2v) is 5.22. The van der Waals surface area contributed by atoms with Gasteiger partial charge in [0.1, 0.15) is 5.01 Å². The lowest BCUT2D eigenvalue weighted by molar-refractivity contribution is 0.396. The lowest BCUT2D eigenvalue weighted by Gasteiger charge is -2.23. The molecule has 0 atom stereocenters. The highest BCUT2D eigenvalue weighted by Gasteiger charge is 2.22. The van der Waals surface area contributed by atoms with E-state index in [2.05, 4.69) is 33.7 Å². The first-order valence-corrected chi connectivity index (χ1v) is 6.31. The van der Waals surface area contributed by atoms with Gasteiger partial charge in [-0.1, -0.05) is 4.49 Å². The molecule has 2 aromatic heterocycles. The maximum Gasteiger partial charge on any atom is 0.112 e. The number of thiazole rings is 1. The molecule has 0 aromatic carbocycles. The minimum Gasteiger partial charge on any atom is -0.300 e. The van der Waals surface area contributed by atoms with Crippen LogP contribution in [0, 0.1) is 0 Å². The molecule has 0 spiro atoms. The maximum atomic E-state index is 4.31. The topological polar surface area (TPSA) is 50.7 Å². The Bertz CT molecular complexity index is 394. The first-order valence-electron chi connectivity index (χ1n) is 4.59. The quantitative estimate of drug-likeness (QED) is 0.888. The molecule has 0 aliphatic rings. The average Bonchev–Trinajstić information content (AvgIpc) is 2.88. The van der Waals surface area contributed by atoms with Gasteiger partial charge in [-0.05, 0) is 25.4 Å². The fourth-order valence-electron chi connectivity index (χ4n) is 1.18. The van der Waals surface area contributed by atoms with E-state index in [0.29, 0.717) is 0 Å². The van der Waals surface area contributed by atoms with Crippen LogP contribution < -0.4 is 5.32 Å². The fourth-order valence-corrected chi connectivity index (χ4v) is 2.37. The van der Waals surface area contributed by atoms with Crippen LogP contribution in [0.3, 0.4) is 0 Å². The van der Waals surface area contributed by atoms with E-state index in [9.17, 15) is 0 Å². The van der Waals surface area contributed by atoms with Crippen LogP contribution >= 0.6 is 22.9 Å². The van der Waals surface area contributed by atoms with Crippen molar-refractivity contribution in [1.29, 1.82) is 0 Å². The molecule has 0 fully saturated rings. The first-order chi connectivity index (χ1) is 7.18. The molecule has 2 heterocycles. The average molecular weight is 240 g/mol. The summed E-state index contributed by atoms with van der Waals surface area (Å²) < 4.78 is 3.82. The largest absolute Gasteiger partial charge is 0.300 e. The molecule has 0 aliphatic carbocycles. The molecule has 0 saturated heterocycles. The van der Waals surface area contributed by atoms with Crippen molar-refractivity contribution in [3.8, 4) is 0 Å². The summed E-state index contributed by atoms with van der Waals surface area (Å²) in [5.41, 5.74) is 0.863. The van der Waals surface area contributed by atoms with Gasteiger partial charge in [0.25, 0.3) is 0 Å². The molecule has 0 radical (unpaired) electrons. The van der Waals surface area contributed by atoms with Crippen molar-refractivity contribution >= 4 is 22.9 Å². The zero-order chi connectivity index (χ0) is 10.7. The minimum absolute atomic E-state index is 0.113. The van der Waals surface area contributed by atoms with Gasteiger partial charge in [0.2, 0.25) is 0 Å². The van der Waals surface area contributed by atoms with Crippen LogP contribution in [0.15, 0.2) is 17.0 Å². The van der Waals surface area contributed by atoms with Crippen LogP contribution in [0.1, 0.15) is 24.5 Å². The summed E-state index contributed by atoms with van der Waals surface area (Å²) in [5, 5.41) is 12.4. The second-order valence-electron chi connectivity index (χ2n) is 3.71. The maximum absolute atomic E-state index is 4.31. The Labute approximate surface area is 96.5 Å². The third kappa shape index (κ3) is 2.58. The van der Waals surface area contributed by atoms with E-state index in [1.54, 1.807) is 11.3 Å². The zero-order valence-electron chi connectivity index (χ0n) is 8.60. The highest BCUT2D eigenvalue weighted by Crippen LogP contribution is 2.22. The van der Waals surface area contributed by atoms with Gasteiger partial charge < -0.3 is 5.32 Å². The van der Waals surface area contributed by atoms with Crippen LogP contribution in [-0.4, -0.2) is 14.6 Å². The van der Waals surface area contributed by atoms with E-state index in [0.717, 1.165) is 17.2 Å². The molecule has 2 rings (SSSR count). The van der Waals surface area contributed by atoms with Crippen LogP contribution in [0.2, 0.25) is 0 Å². The molecule has 0 unspecified atom stereocenters. The standard InChI is InChI=1S/C9H12N4S2/c1-9(2,8-10-3-4-14-8)11-5-7-6-15-13-12-7/h3-4,6,11H,5H2,1-2H3. The van der Waals surface area contributed by atoms with Crippen molar-refractivity contribution in [2.24, 2.45) is 0 Å². The van der Waals surface area contributed by atoms with Gasteiger partial charge in [-0.25, -0.2) is 4.98 Å². The Hall–Kier alpha value is -0.850. The summed E-state index contributed by atoms with van der Waals surface area (Å²) in [6.45, 7) is 4.96. The van der Waals surface area contributed by atoms with Crippen LogP contribution in [0.25, 0.3) is 0 Å². The van der Waals surface area contributed by atoms with E-state index in [1.807, 2.05) is 17.0 Å². The summed E-state index contributed by atoms with van der Waals surface area (Å²) in [7, 11) is 0. The normalized spacial score (nSPS) is 11.9. The summed E-state index contributed by atoms with van der Waals surface area (Å²) in [6.07, 6.45) is 1.83. The molecule has 15 heavy (non-hydrogen) atoms. The van der Waals surface area contributed by atoms with Crippen molar-refractivity contribution in [2.45, 2.75) is 25.9 Å². The van der Waals surface area contributed by atoms with E-state index in [1.165, 1.54) is 11.5 Å². The van der Waals surface area contributed by atoms with Crippen molar-refractivity contribution in [3.63, 3.8) is 0 Å². The lowest BCUT2D eigenvalue weighted by atomic mass is 10.1. The van der Waals surface area contributed by atoms with E-state index >= 15 is 0 Å². The number of hydrogen-bond donors (Lipinski definition) is 1. The van der Waals surface area contributed by atoms with E-state index in [4.69, 9.17) is 0 Å². The summed E-state index contributed by atoms with van der Waals surface area (Å²) in [6, 6.07) is 0. The van der Waals surface area contributed by atoms with Gasteiger partial charge in [0.15, 0.2) is 0 Å². The molecular formula is C9H12N4S2. The Morgan fingerprint density at radius 3 is 2.93 bits per heavy atom. The molecule has 4 nitrogen and oxygen atoms in total. The third-order valence-electron chi connectivity index (χ3n) is 2.08. The van der Waals surface area contributed by atoms with Gasteiger partial charge >= 0.3 is 0 Å². The Morgan fingerprint density at radius 2 is 2.33 bits per heavy atom. The molecule has 0 saturated carbocycles. The van der Waals surface area contributed by atoms with Crippen LogP contribution in [0.4, 0.5) is 0 Å². The number of hydrogen-bond acceptors (Lipinski definition) is 6. The number of rotatable bonds is 4. The van der Waals surface area contributed by atoms with Gasteiger partial charge in [-0.2, -0.15) is 0 Å². The van der Waals surface area contributed by atoms with Crippen molar-refractivity contribution in [1.82, 2.24) is 19.9 Å². The Morgan fingerprint density at radius 1 is 1.47 bits per heavy atom. The Balaban J connectivity index is 1.99. The monoisotopic (exact) mass is 240 g/mol. The summed E-state index contributed by atoms with van der Waals surface area (Å²) in [4.78, 5) is 4.31.